The van der Waals surface area contributed by atoms with Crippen molar-refractivity contribution in [2.45, 2.75) is 75.9 Å². The second kappa shape index (κ2) is 7.61. The number of piperidine rings is 1. The fourth-order valence-electron chi connectivity index (χ4n) is 4.87. The van der Waals surface area contributed by atoms with E-state index in [0.29, 0.717) is 24.6 Å². The van der Waals surface area contributed by atoms with Gasteiger partial charge in [0.2, 0.25) is 0 Å². The van der Waals surface area contributed by atoms with E-state index in [0.717, 1.165) is 32.0 Å². The SMILES string of the molecule is O=C(NC1CCC(N2CCCCC2)CC1)N1CCOC[C@@H]1C1CC1. The van der Waals surface area contributed by atoms with Crippen molar-refractivity contribution in [1.29, 1.82) is 0 Å². The third kappa shape index (κ3) is 3.88. The maximum absolute atomic E-state index is 12.7. The molecule has 0 aromatic rings. The summed E-state index contributed by atoms with van der Waals surface area (Å²) in [6.07, 6.45) is 11.5. The molecule has 136 valence electrons. The van der Waals surface area contributed by atoms with Gasteiger partial charge in [-0.1, -0.05) is 6.42 Å². The Morgan fingerprint density at radius 1 is 0.917 bits per heavy atom. The summed E-state index contributed by atoms with van der Waals surface area (Å²) in [5, 5.41) is 3.34. The predicted octanol–water partition coefficient (Wildman–Crippen LogP) is 2.60. The van der Waals surface area contributed by atoms with E-state index in [9.17, 15) is 4.79 Å². The smallest absolute Gasteiger partial charge is 0.318 e. The van der Waals surface area contributed by atoms with Crippen LogP contribution in [0.4, 0.5) is 4.79 Å². The Morgan fingerprint density at radius 3 is 2.38 bits per heavy atom. The molecule has 4 fully saturated rings. The lowest BCUT2D eigenvalue weighted by Gasteiger charge is -2.40. The molecule has 0 aromatic carbocycles. The molecule has 0 unspecified atom stereocenters. The molecule has 2 saturated heterocycles. The van der Waals surface area contributed by atoms with Crippen LogP contribution in [0, 0.1) is 5.92 Å². The van der Waals surface area contributed by atoms with Crippen LogP contribution in [-0.4, -0.2) is 66.8 Å². The Balaban J connectivity index is 1.24. The topological polar surface area (TPSA) is 44.8 Å². The Morgan fingerprint density at radius 2 is 1.67 bits per heavy atom. The number of hydrogen-bond donors (Lipinski definition) is 1. The van der Waals surface area contributed by atoms with Gasteiger partial charge in [-0.25, -0.2) is 4.79 Å². The van der Waals surface area contributed by atoms with Crippen LogP contribution in [0.5, 0.6) is 0 Å². The van der Waals surface area contributed by atoms with Crippen LogP contribution in [-0.2, 0) is 4.74 Å². The van der Waals surface area contributed by atoms with Gasteiger partial charge in [0.05, 0.1) is 19.3 Å². The maximum Gasteiger partial charge on any atom is 0.318 e. The minimum Gasteiger partial charge on any atom is -0.377 e. The first kappa shape index (κ1) is 16.6. The molecule has 4 rings (SSSR count). The highest BCUT2D eigenvalue weighted by Gasteiger charge is 2.40. The van der Waals surface area contributed by atoms with E-state index in [1.807, 2.05) is 0 Å². The lowest BCUT2D eigenvalue weighted by molar-refractivity contribution is 0.00359. The van der Waals surface area contributed by atoms with E-state index < -0.39 is 0 Å². The Labute approximate surface area is 146 Å². The Hall–Kier alpha value is -0.810. The first-order valence-electron chi connectivity index (χ1n) is 10.2. The minimum atomic E-state index is 0.164. The van der Waals surface area contributed by atoms with Gasteiger partial charge in [-0.05, 0) is 70.4 Å². The molecule has 2 saturated carbocycles. The lowest BCUT2D eigenvalue weighted by Crippen LogP contribution is -2.56. The average Bonchev–Trinajstić information content (AvgIpc) is 3.48. The van der Waals surface area contributed by atoms with Crippen molar-refractivity contribution < 1.29 is 9.53 Å². The van der Waals surface area contributed by atoms with Crippen LogP contribution in [0.2, 0.25) is 0 Å². The summed E-state index contributed by atoms with van der Waals surface area (Å²) in [7, 11) is 0. The highest BCUT2D eigenvalue weighted by atomic mass is 16.5. The number of hydrogen-bond acceptors (Lipinski definition) is 3. The number of nitrogens with one attached hydrogen (secondary N) is 1. The van der Waals surface area contributed by atoms with Crippen molar-refractivity contribution in [2.75, 3.05) is 32.8 Å². The van der Waals surface area contributed by atoms with Gasteiger partial charge in [0.15, 0.2) is 0 Å². The second-order valence-electron chi connectivity index (χ2n) is 8.22. The summed E-state index contributed by atoms with van der Waals surface area (Å²) in [5.41, 5.74) is 0. The molecule has 1 atom stereocenters. The highest BCUT2D eigenvalue weighted by Crippen LogP contribution is 2.36. The molecule has 0 bridgehead atoms. The summed E-state index contributed by atoms with van der Waals surface area (Å²) in [6.45, 7) is 4.77. The molecule has 2 aliphatic carbocycles. The van der Waals surface area contributed by atoms with Crippen molar-refractivity contribution in [3.8, 4) is 0 Å². The van der Waals surface area contributed by atoms with Gasteiger partial charge < -0.3 is 19.9 Å². The van der Waals surface area contributed by atoms with Gasteiger partial charge >= 0.3 is 6.03 Å². The van der Waals surface area contributed by atoms with Crippen LogP contribution in [0.1, 0.15) is 57.8 Å². The Kier molecular flexibility index (Phi) is 5.28. The van der Waals surface area contributed by atoms with Gasteiger partial charge in [0, 0.05) is 18.6 Å². The first-order valence-corrected chi connectivity index (χ1v) is 10.2. The van der Waals surface area contributed by atoms with E-state index in [2.05, 4.69) is 15.1 Å². The van der Waals surface area contributed by atoms with E-state index in [4.69, 9.17) is 4.74 Å². The van der Waals surface area contributed by atoms with Crippen molar-refractivity contribution in [3.05, 3.63) is 0 Å². The monoisotopic (exact) mass is 335 g/mol. The largest absolute Gasteiger partial charge is 0.377 e. The van der Waals surface area contributed by atoms with Crippen molar-refractivity contribution >= 4 is 6.03 Å². The molecular formula is C19H33N3O2. The second-order valence-corrected chi connectivity index (χ2v) is 8.22. The molecular weight excluding hydrogens is 302 g/mol. The number of morpholine rings is 1. The molecule has 0 radical (unpaired) electrons. The lowest BCUT2D eigenvalue weighted by atomic mass is 9.89. The number of likely N-dealkylation sites (tertiary alicyclic amines) is 1. The number of urea groups is 1. The zero-order chi connectivity index (χ0) is 16.4. The summed E-state index contributed by atoms with van der Waals surface area (Å²) in [5.74, 6) is 0.686. The molecule has 2 heterocycles. The van der Waals surface area contributed by atoms with Crippen LogP contribution in [0.15, 0.2) is 0 Å². The molecule has 5 nitrogen and oxygen atoms in total. The number of carbonyl (C=O) groups excluding carboxylic acids is 1. The maximum atomic E-state index is 12.7. The van der Waals surface area contributed by atoms with Crippen LogP contribution in [0.3, 0.4) is 0 Å². The van der Waals surface area contributed by atoms with E-state index >= 15 is 0 Å². The third-order valence-electron chi connectivity index (χ3n) is 6.52. The fourth-order valence-corrected chi connectivity index (χ4v) is 4.87. The molecule has 5 heteroatoms. The summed E-state index contributed by atoms with van der Waals surface area (Å²) >= 11 is 0. The van der Waals surface area contributed by atoms with E-state index in [1.54, 1.807) is 0 Å². The molecule has 2 aliphatic heterocycles. The highest BCUT2D eigenvalue weighted by molar-refractivity contribution is 5.75. The summed E-state index contributed by atoms with van der Waals surface area (Å²) in [4.78, 5) is 17.5. The molecule has 1 N–H and O–H groups in total. The zero-order valence-corrected chi connectivity index (χ0v) is 14.9. The standard InChI is InChI=1S/C19H33N3O2/c23-19(22-12-13-24-14-18(22)15-4-5-15)20-16-6-8-17(9-7-16)21-10-2-1-3-11-21/h15-18H,1-14H2,(H,20,23)/t16?,17?,18-/m1/s1. The molecule has 4 aliphatic rings. The van der Waals surface area contributed by atoms with E-state index in [1.165, 1.54) is 58.0 Å². The third-order valence-corrected chi connectivity index (χ3v) is 6.52. The number of rotatable bonds is 3. The molecule has 0 aromatic heterocycles. The van der Waals surface area contributed by atoms with Crippen molar-refractivity contribution in [2.24, 2.45) is 5.92 Å². The van der Waals surface area contributed by atoms with Gasteiger partial charge in [0.25, 0.3) is 0 Å². The number of nitrogens with zero attached hydrogens (tertiary/aromatic N) is 2. The van der Waals surface area contributed by atoms with Crippen molar-refractivity contribution in [3.63, 3.8) is 0 Å². The summed E-state index contributed by atoms with van der Waals surface area (Å²) in [6, 6.07) is 1.63. The van der Waals surface area contributed by atoms with Crippen LogP contribution >= 0.6 is 0 Å². The molecule has 2 amide bonds. The normalized spacial score (nSPS) is 35.7. The zero-order valence-electron chi connectivity index (χ0n) is 14.9. The van der Waals surface area contributed by atoms with Gasteiger partial charge in [-0.15, -0.1) is 0 Å². The van der Waals surface area contributed by atoms with Gasteiger partial charge in [0.1, 0.15) is 0 Å². The van der Waals surface area contributed by atoms with Gasteiger partial charge in [-0.3, -0.25) is 0 Å². The van der Waals surface area contributed by atoms with Crippen LogP contribution < -0.4 is 5.32 Å². The predicted molar refractivity (Wildman–Crippen MR) is 94.0 cm³/mol. The minimum absolute atomic E-state index is 0.164. The molecule has 24 heavy (non-hydrogen) atoms. The van der Waals surface area contributed by atoms with Crippen LogP contribution in [0.25, 0.3) is 0 Å². The first-order chi connectivity index (χ1) is 11.8. The fraction of sp³-hybridized carbons (Fsp3) is 0.947. The summed E-state index contributed by atoms with van der Waals surface area (Å²) < 4.78 is 5.61. The average molecular weight is 335 g/mol. The molecule has 0 spiro atoms. The van der Waals surface area contributed by atoms with E-state index in [-0.39, 0.29) is 6.03 Å². The number of ether oxygens (including phenoxy) is 1. The van der Waals surface area contributed by atoms with Gasteiger partial charge in [-0.2, -0.15) is 0 Å². The number of carbonyl (C=O) groups is 1. The quantitative estimate of drug-likeness (QED) is 0.862. The Bertz CT molecular complexity index is 426. The number of amides is 2. The van der Waals surface area contributed by atoms with Crippen molar-refractivity contribution in [1.82, 2.24) is 15.1 Å².